The van der Waals surface area contributed by atoms with Gasteiger partial charge in [-0.2, -0.15) is 0 Å². The molecule has 7 N–H and O–H groups in total. The lowest BCUT2D eigenvalue weighted by Gasteiger charge is -2.38. The zero-order valence-electron chi connectivity index (χ0n) is 36.9. The number of alkyl carbamates (subject to hydrolysis) is 1. The highest BCUT2D eigenvalue weighted by molar-refractivity contribution is 5.95. The van der Waals surface area contributed by atoms with Crippen molar-refractivity contribution in [2.24, 2.45) is 5.92 Å². The summed E-state index contributed by atoms with van der Waals surface area (Å²) in [6.45, 7) is 12.9. The number of aliphatic hydroxyl groups excluding tert-OH is 4. The first-order valence-corrected chi connectivity index (χ1v) is 20.9. The van der Waals surface area contributed by atoms with Crippen molar-refractivity contribution in [1.82, 2.24) is 20.9 Å². The van der Waals surface area contributed by atoms with Crippen LogP contribution in [0.25, 0.3) is 0 Å². The third-order valence-corrected chi connectivity index (χ3v) is 9.99. The van der Waals surface area contributed by atoms with Gasteiger partial charge in [0, 0.05) is 19.4 Å². The van der Waals surface area contributed by atoms with E-state index in [1.807, 2.05) is 0 Å². The van der Waals surface area contributed by atoms with E-state index >= 15 is 0 Å². The molecule has 0 spiro atoms. The van der Waals surface area contributed by atoms with Crippen LogP contribution in [-0.4, -0.2) is 140 Å². The van der Waals surface area contributed by atoms with Crippen molar-refractivity contribution >= 4 is 35.9 Å². The van der Waals surface area contributed by atoms with Gasteiger partial charge in [-0.15, -0.1) is 0 Å². The van der Waals surface area contributed by atoms with Gasteiger partial charge in [-0.1, -0.05) is 56.3 Å². The molecule has 0 radical (unpaired) electrons. The molecule has 2 fully saturated rings. The van der Waals surface area contributed by atoms with Crippen LogP contribution in [0.4, 0.5) is 9.59 Å². The Morgan fingerprint density at radius 3 is 1.97 bits per heavy atom. The number of nitrogens with one attached hydrogen (secondary N) is 3. The molecule has 0 aliphatic carbocycles. The van der Waals surface area contributed by atoms with Crippen molar-refractivity contribution in [3.8, 4) is 5.75 Å². The lowest BCUT2D eigenvalue weighted by atomic mass is 9.99. The van der Waals surface area contributed by atoms with Crippen molar-refractivity contribution in [3.63, 3.8) is 0 Å². The minimum absolute atomic E-state index is 0.00435. The number of likely N-dealkylation sites (tertiary alicyclic amines) is 1. The highest BCUT2D eigenvalue weighted by Crippen LogP contribution is 2.23. The zero-order valence-corrected chi connectivity index (χ0v) is 36.9. The van der Waals surface area contributed by atoms with Gasteiger partial charge in [0.2, 0.25) is 17.7 Å². The number of amides is 4. The van der Waals surface area contributed by atoms with Gasteiger partial charge in [0.15, 0.2) is 6.29 Å². The average molecular weight is 887 g/mol. The second kappa shape index (κ2) is 21.8. The number of esters is 1. The molecule has 9 atom stereocenters. The molecule has 0 saturated carbocycles. The Kier molecular flexibility index (Phi) is 17.4. The fourth-order valence-corrected chi connectivity index (χ4v) is 6.85. The van der Waals surface area contributed by atoms with E-state index < -0.39 is 115 Å². The van der Waals surface area contributed by atoms with E-state index in [9.17, 15) is 49.2 Å². The number of hydrogen-bond acceptors (Lipinski definition) is 15. The van der Waals surface area contributed by atoms with Gasteiger partial charge in [0.25, 0.3) is 0 Å². The molecular formula is C44H62N4O15. The first kappa shape index (κ1) is 50.3. The highest BCUT2D eigenvalue weighted by Gasteiger charge is 2.44. The number of carbonyl (C=O) groups excluding carboxylic acids is 6. The molecule has 0 aromatic heterocycles. The molecule has 0 unspecified atom stereocenters. The van der Waals surface area contributed by atoms with Gasteiger partial charge >= 0.3 is 18.2 Å². The maximum atomic E-state index is 14.4. The normalized spacial score (nSPS) is 22.8. The third kappa shape index (κ3) is 15.2. The molecule has 63 heavy (non-hydrogen) atoms. The minimum Gasteiger partial charge on any atom is -0.461 e. The SMILES string of the molecule is CC(C)[C@H](NC(=O)[C@H](Cc1ccccc1)NC(=O)[C@@H]1CCCN1C(=O)[C@H](Cc1ccc(OC(=O)OC(C)(C)C)cc1)NC(=O)OC(C)(C)C)C(=O)OC[C@H]1O[C@@H](O)[C@H](O)[C@@H](O)[C@@H]1O. The van der Waals surface area contributed by atoms with Gasteiger partial charge in [0.1, 0.15) is 72.1 Å². The number of ether oxygens (including phenoxy) is 5. The van der Waals surface area contributed by atoms with E-state index in [2.05, 4.69) is 16.0 Å². The van der Waals surface area contributed by atoms with Crippen LogP contribution < -0.4 is 20.7 Å². The second-order valence-corrected chi connectivity index (χ2v) is 18.0. The van der Waals surface area contributed by atoms with E-state index in [0.717, 1.165) is 0 Å². The van der Waals surface area contributed by atoms with E-state index in [4.69, 9.17) is 23.7 Å². The quantitative estimate of drug-likeness (QED) is 0.0762. The van der Waals surface area contributed by atoms with Crippen LogP contribution in [0.3, 0.4) is 0 Å². The first-order chi connectivity index (χ1) is 29.4. The van der Waals surface area contributed by atoms with Crippen LogP contribution in [0.2, 0.25) is 0 Å². The Bertz CT molecular complexity index is 1880. The van der Waals surface area contributed by atoms with Crippen molar-refractivity contribution < 1.29 is 72.9 Å². The summed E-state index contributed by atoms with van der Waals surface area (Å²) in [6.07, 6.45) is -9.61. The predicted molar refractivity (Wildman–Crippen MR) is 224 cm³/mol. The summed E-state index contributed by atoms with van der Waals surface area (Å²) in [4.78, 5) is 82.5. The number of aliphatic hydroxyl groups is 4. The van der Waals surface area contributed by atoms with E-state index in [1.165, 1.54) is 17.0 Å². The molecule has 0 bridgehead atoms. The molecule has 2 heterocycles. The average Bonchev–Trinajstić information content (AvgIpc) is 3.69. The smallest absolute Gasteiger partial charge is 0.461 e. The summed E-state index contributed by atoms with van der Waals surface area (Å²) in [7, 11) is 0. The summed E-state index contributed by atoms with van der Waals surface area (Å²) in [5.41, 5.74) is -0.407. The molecule has 348 valence electrons. The summed E-state index contributed by atoms with van der Waals surface area (Å²) in [5, 5.41) is 48.1. The molecular weight excluding hydrogens is 824 g/mol. The topological polar surface area (TPSA) is 269 Å². The van der Waals surface area contributed by atoms with E-state index in [1.54, 1.807) is 97.9 Å². The molecule has 19 heteroatoms. The lowest BCUT2D eigenvalue weighted by molar-refractivity contribution is -0.287. The second-order valence-electron chi connectivity index (χ2n) is 18.0. The molecule has 4 rings (SSSR count). The Hall–Kier alpha value is -5.34. The maximum absolute atomic E-state index is 14.4. The Morgan fingerprint density at radius 1 is 0.762 bits per heavy atom. The summed E-state index contributed by atoms with van der Waals surface area (Å²) in [6, 6.07) is 10.3. The largest absolute Gasteiger partial charge is 0.514 e. The molecule has 2 aromatic carbocycles. The maximum Gasteiger partial charge on any atom is 0.514 e. The molecule has 19 nitrogen and oxygen atoms in total. The van der Waals surface area contributed by atoms with Gasteiger partial charge in [-0.3, -0.25) is 14.4 Å². The highest BCUT2D eigenvalue weighted by atomic mass is 16.7. The number of carbonyl (C=O) groups is 6. The number of rotatable bonds is 15. The van der Waals surface area contributed by atoms with Crippen LogP contribution in [-0.2, 0) is 51.0 Å². The van der Waals surface area contributed by atoms with Gasteiger partial charge < -0.3 is 65.0 Å². The standard InChI is InChI=1S/C44H62N4O15/c1-24(2)32(39(55)59-23-31-33(49)34(50)35(51)40(56)61-31)47-36(52)28(21-25-13-10-9-11-14-25)45-37(53)30-15-12-20-48(30)38(54)29(46-41(57)62-43(3,4)5)22-26-16-18-27(19-17-26)60-42(58)63-44(6,7)8/h9-11,13-14,16-19,24,28-35,40,49-51,56H,12,15,20-23H2,1-8H3,(H,45,53)(H,46,57)(H,47,52)/t28-,29-,30-,31+,32-,33+,34-,35+,40+/m0/s1. The number of hydrogen-bond donors (Lipinski definition) is 7. The van der Waals surface area contributed by atoms with Gasteiger partial charge in [-0.25, -0.2) is 14.4 Å². The molecule has 4 amide bonds. The Morgan fingerprint density at radius 2 is 1.37 bits per heavy atom. The van der Waals surface area contributed by atoms with E-state index in [-0.39, 0.29) is 31.6 Å². The molecule has 2 aromatic rings. The third-order valence-electron chi connectivity index (χ3n) is 9.99. The van der Waals surface area contributed by atoms with Crippen LogP contribution in [0, 0.1) is 5.92 Å². The van der Waals surface area contributed by atoms with Crippen molar-refractivity contribution in [1.29, 1.82) is 0 Å². The first-order valence-electron chi connectivity index (χ1n) is 20.9. The summed E-state index contributed by atoms with van der Waals surface area (Å²) < 4.78 is 26.3. The molecule has 2 aliphatic heterocycles. The lowest BCUT2D eigenvalue weighted by Crippen LogP contribution is -2.59. The fraction of sp³-hybridized carbons (Fsp3) is 0.591. The van der Waals surface area contributed by atoms with Crippen LogP contribution in [0.1, 0.15) is 79.4 Å². The number of benzene rings is 2. The number of nitrogens with zero attached hydrogens (tertiary/aromatic N) is 1. The summed E-state index contributed by atoms with van der Waals surface area (Å²) >= 11 is 0. The van der Waals surface area contributed by atoms with Crippen molar-refractivity contribution in [2.45, 2.75) is 147 Å². The Labute approximate surface area is 366 Å². The summed E-state index contributed by atoms with van der Waals surface area (Å²) in [5.74, 6) is -3.27. The Balaban J connectivity index is 1.51. The molecule has 2 saturated heterocycles. The van der Waals surface area contributed by atoms with Crippen molar-refractivity contribution in [3.05, 3.63) is 65.7 Å². The van der Waals surface area contributed by atoms with Crippen molar-refractivity contribution in [2.75, 3.05) is 13.2 Å². The van der Waals surface area contributed by atoms with E-state index in [0.29, 0.717) is 17.5 Å². The van der Waals surface area contributed by atoms with Crippen LogP contribution in [0.5, 0.6) is 5.75 Å². The van der Waals surface area contributed by atoms with Gasteiger partial charge in [-0.05, 0) is 83.6 Å². The zero-order chi connectivity index (χ0) is 46.8. The van der Waals surface area contributed by atoms with Gasteiger partial charge in [0.05, 0.1) is 0 Å². The minimum atomic E-state index is -1.85. The monoisotopic (exact) mass is 886 g/mol. The molecule has 2 aliphatic rings. The predicted octanol–water partition coefficient (Wildman–Crippen LogP) is 1.64. The van der Waals surface area contributed by atoms with Crippen LogP contribution >= 0.6 is 0 Å². The fourth-order valence-electron chi connectivity index (χ4n) is 6.85. The van der Waals surface area contributed by atoms with Crippen LogP contribution in [0.15, 0.2) is 54.6 Å².